The van der Waals surface area contributed by atoms with Gasteiger partial charge in [-0.3, -0.25) is 9.79 Å². The molecule has 1 aliphatic heterocycles. The third kappa shape index (κ3) is 6.23. The number of nitrogens with zero attached hydrogens (tertiary/aromatic N) is 7. The number of fused-ring (bicyclic) bond motifs is 1. The molecule has 0 saturated carbocycles. The molecule has 11 nitrogen and oxygen atoms in total. The summed E-state index contributed by atoms with van der Waals surface area (Å²) >= 11 is 0. The minimum Gasteiger partial charge on any atom is -0.402 e. The quantitative estimate of drug-likeness (QED) is 0.422. The van der Waals surface area contributed by atoms with E-state index in [1.165, 1.54) is 6.33 Å². The average molecular weight is 517 g/mol. The van der Waals surface area contributed by atoms with Gasteiger partial charge >= 0.3 is 0 Å². The molecule has 11 heteroatoms. The minimum atomic E-state index is -0.341. The Balaban J connectivity index is 1.58. The molecule has 1 aromatic carbocycles. The maximum atomic E-state index is 12.9. The Bertz CT molecular complexity index is 1380. The number of benzene rings is 1. The van der Waals surface area contributed by atoms with Crippen molar-refractivity contribution in [3.63, 3.8) is 0 Å². The van der Waals surface area contributed by atoms with Gasteiger partial charge in [0, 0.05) is 55.7 Å². The summed E-state index contributed by atoms with van der Waals surface area (Å²) in [5.74, 6) is 0.887. The van der Waals surface area contributed by atoms with Crippen molar-refractivity contribution < 1.29 is 4.79 Å². The molecular formula is C27H36N10O. The van der Waals surface area contributed by atoms with Crippen LogP contribution in [0.15, 0.2) is 47.5 Å². The van der Waals surface area contributed by atoms with E-state index < -0.39 is 0 Å². The minimum absolute atomic E-state index is 0.252. The Labute approximate surface area is 223 Å². The largest absolute Gasteiger partial charge is 0.402 e. The van der Waals surface area contributed by atoms with Gasteiger partial charge in [-0.25, -0.2) is 19.9 Å². The number of nitrogens with one attached hydrogen (secondary N) is 2. The number of nitrogens with two attached hydrogens (primary N) is 1. The summed E-state index contributed by atoms with van der Waals surface area (Å²) in [5.41, 5.74) is 10.4. The van der Waals surface area contributed by atoms with Crippen LogP contribution in [0.25, 0.3) is 11.0 Å². The van der Waals surface area contributed by atoms with E-state index >= 15 is 0 Å². The van der Waals surface area contributed by atoms with E-state index in [1.807, 2.05) is 45.9 Å². The monoisotopic (exact) mass is 516 g/mol. The van der Waals surface area contributed by atoms with Crippen molar-refractivity contribution in [2.75, 3.05) is 55.8 Å². The Hall–Kier alpha value is -4.12. The number of allylic oxidation sites excluding steroid dienone is 1. The predicted octanol–water partition coefficient (Wildman–Crippen LogP) is 3.12. The molecule has 4 N–H and O–H groups in total. The zero-order valence-corrected chi connectivity index (χ0v) is 22.9. The number of rotatable bonds is 6. The van der Waals surface area contributed by atoms with E-state index in [1.54, 1.807) is 19.3 Å². The first-order valence-electron chi connectivity index (χ1n) is 12.6. The highest BCUT2D eigenvalue weighted by molar-refractivity contribution is 6.47. The van der Waals surface area contributed by atoms with Gasteiger partial charge in [0.1, 0.15) is 23.1 Å². The van der Waals surface area contributed by atoms with Crippen molar-refractivity contribution in [2.45, 2.75) is 27.7 Å². The van der Waals surface area contributed by atoms with Gasteiger partial charge in [-0.05, 0) is 37.7 Å². The first-order chi connectivity index (χ1) is 18.0. The first kappa shape index (κ1) is 26.9. The number of carbonyl (C=O) groups is 1. The Morgan fingerprint density at radius 2 is 1.87 bits per heavy atom. The zero-order valence-electron chi connectivity index (χ0n) is 22.9. The van der Waals surface area contributed by atoms with Gasteiger partial charge in [0.25, 0.3) is 5.91 Å². The number of carbonyl (C=O) groups excluding carboxylic acids is 1. The molecule has 0 atom stereocenters. The molecule has 200 valence electrons. The molecule has 1 saturated heterocycles. The topological polar surface area (TPSA) is 138 Å². The molecular weight excluding hydrogens is 480 g/mol. The Morgan fingerprint density at radius 3 is 2.55 bits per heavy atom. The zero-order chi connectivity index (χ0) is 27.4. The summed E-state index contributed by atoms with van der Waals surface area (Å²) in [7, 11) is 3.68. The van der Waals surface area contributed by atoms with Gasteiger partial charge in [-0.1, -0.05) is 26.8 Å². The van der Waals surface area contributed by atoms with Crippen LogP contribution in [0.5, 0.6) is 0 Å². The van der Waals surface area contributed by atoms with Crippen molar-refractivity contribution in [2.24, 2.45) is 16.1 Å². The van der Waals surface area contributed by atoms with Crippen molar-refractivity contribution >= 4 is 45.8 Å². The molecule has 3 heterocycles. The number of piperazine rings is 1. The second-order valence-electron chi connectivity index (χ2n) is 10.5. The number of amides is 1. The summed E-state index contributed by atoms with van der Waals surface area (Å²) in [6.07, 6.45) is 4.84. The maximum absolute atomic E-state index is 12.9. The second kappa shape index (κ2) is 11.1. The van der Waals surface area contributed by atoms with Crippen LogP contribution in [0.3, 0.4) is 0 Å². The van der Waals surface area contributed by atoms with E-state index in [2.05, 4.69) is 47.4 Å². The van der Waals surface area contributed by atoms with Crippen molar-refractivity contribution in [3.05, 3.63) is 48.1 Å². The summed E-state index contributed by atoms with van der Waals surface area (Å²) in [4.78, 5) is 39.7. The number of aromatic nitrogens is 4. The lowest BCUT2D eigenvalue weighted by Gasteiger charge is -2.32. The number of aryl methyl sites for hydroxylation is 1. The molecule has 1 aliphatic rings. The highest BCUT2D eigenvalue weighted by Crippen LogP contribution is 2.27. The van der Waals surface area contributed by atoms with Crippen molar-refractivity contribution in [1.29, 1.82) is 0 Å². The first-order valence-corrected chi connectivity index (χ1v) is 12.6. The van der Waals surface area contributed by atoms with E-state index in [0.29, 0.717) is 34.2 Å². The van der Waals surface area contributed by atoms with Crippen LogP contribution in [0, 0.1) is 12.3 Å². The Kier molecular flexibility index (Phi) is 7.86. The highest BCUT2D eigenvalue weighted by Gasteiger charge is 2.19. The lowest BCUT2D eigenvalue weighted by atomic mass is 9.91. The van der Waals surface area contributed by atoms with Gasteiger partial charge in [0.15, 0.2) is 5.82 Å². The fraction of sp³-hybridized carbons (Fsp3) is 0.407. The number of aliphatic imine (C=N–C) groups is 1. The van der Waals surface area contributed by atoms with Crippen LogP contribution >= 0.6 is 0 Å². The van der Waals surface area contributed by atoms with E-state index in [4.69, 9.17) is 10.7 Å². The molecule has 0 spiro atoms. The third-order valence-corrected chi connectivity index (χ3v) is 6.53. The smallest absolute Gasteiger partial charge is 0.273 e. The number of anilines is 4. The van der Waals surface area contributed by atoms with E-state index in [0.717, 1.165) is 37.4 Å². The van der Waals surface area contributed by atoms with Crippen LogP contribution in [-0.2, 0) is 4.79 Å². The maximum Gasteiger partial charge on any atom is 0.273 e. The lowest BCUT2D eigenvalue weighted by Crippen LogP contribution is -2.45. The van der Waals surface area contributed by atoms with Crippen LogP contribution in [0.4, 0.5) is 23.1 Å². The fourth-order valence-electron chi connectivity index (χ4n) is 3.85. The van der Waals surface area contributed by atoms with Gasteiger partial charge in [0.2, 0.25) is 5.95 Å². The molecule has 1 fully saturated rings. The van der Waals surface area contributed by atoms with Gasteiger partial charge in [0.05, 0.1) is 6.20 Å². The summed E-state index contributed by atoms with van der Waals surface area (Å²) < 4.78 is 0. The fourth-order valence-corrected chi connectivity index (χ4v) is 3.85. The van der Waals surface area contributed by atoms with Crippen LogP contribution in [0.2, 0.25) is 0 Å². The van der Waals surface area contributed by atoms with Crippen molar-refractivity contribution in [1.82, 2.24) is 24.8 Å². The lowest BCUT2D eigenvalue weighted by molar-refractivity contribution is -0.110. The number of hydrogen-bond acceptors (Lipinski definition) is 10. The highest BCUT2D eigenvalue weighted by atomic mass is 16.1. The van der Waals surface area contributed by atoms with Crippen LogP contribution < -0.4 is 21.3 Å². The van der Waals surface area contributed by atoms with Crippen LogP contribution in [-0.4, -0.2) is 76.7 Å². The number of hydrogen-bond donors (Lipinski definition) is 3. The molecule has 38 heavy (non-hydrogen) atoms. The number of likely N-dealkylation sites (N-methyl/N-ethyl adjacent to an activating group) is 1. The van der Waals surface area contributed by atoms with E-state index in [-0.39, 0.29) is 17.0 Å². The summed E-state index contributed by atoms with van der Waals surface area (Å²) in [6, 6.07) is 5.62. The molecule has 0 unspecified atom stereocenters. The van der Waals surface area contributed by atoms with Gasteiger partial charge < -0.3 is 26.2 Å². The standard InChI is InChI=1S/C27H36N10O/c1-17-7-8-18(33-25(38)20(29-5)14-22(28)27(2,3)4)13-19(17)34-24-23-21(31-16-32-24)15-30-26(35-23)37-11-9-36(6)10-12-37/h7-8,13-16H,9-12,28H2,1-6H3,(H,33,38)(H,31,32,34). The Morgan fingerprint density at radius 1 is 1.13 bits per heavy atom. The van der Waals surface area contributed by atoms with E-state index in [9.17, 15) is 4.79 Å². The van der Waals surface area contributed by atoms with Gasteiger partial charge in [-0.15, -0.1) is 0 Å². The summed E-state index contributed by atoms with van der Waals surface area (Å²) in [5, 5.41) is 6.30. The molecule has 1 amide bonds. The SMILES string of the molecule is CN=C(C=C(N)C(C)(C)C)C(=O)Nc1ccc(C)c(Nc2ncnc3cnc(N4CCN(C)CC4)nc23)c1. The second-order valence-corrected chi connectivity index (χ2v) is 10.5. The van der Waals surface area contributed by atoms with Crippen molar-refractivity contribution in [3.8, 4) is 0 Å². The predicted molar refractivity (Wildman–Crippen MR) is 153 cm³/mol. The summed E-state index contributed by atoms with van der Waals surface area (Å²) in [6.45, 7) is 11.6. The normalized spacial score (nSPS) is 15.6. The van der Waals surface area contributed by atoms with Gasteiger partial charge in [-0.2, -0.15) is 0 Å². The average Bonchev–Trinajstić information content (AvgIpc) is 2.88. The molecule has 0 radical (unpaired) electrons. The molecule has 3 aromatic rings. The third-order valence-electron chi connectivity index (χ3n) is 6.53. The molecule has 0 bridgehead atoms. The molecule has 0 aliphatic carbocycles. The molecule has 2 aromatic heterocycles. The molecule has 4 rings (SSSR count). The van der Waals surface area contributed by atoms with Crippen LogP contribution in [0.1, 0.15) is 26.3 Å².